The number of H-pyrrole nitrogens is 1. The molecule has 1 aromatic carbocycles. The van der Waals surface area contributed by atoms with Crippen molar-refractivity contribution >= 4 is 29.0 Å². The van der Waals surface area contributed by atoms with Crippen LogP contribution in [0.1, 0.15) is 5.56 Å². The predicted octanol–water partition coefficient (Wildman–Crippen LogP) is 3.81. The summed E-state index contributed by atoms with van der Waals surface area (Å²) < 4.78 is 12.7. The number of rotatable bonds is 6. The molecule has 27 heavy (non-hydrogen) atoms. The number of nitrogens with one attached hydrogen (secondary N) is 1. The first kappa shape index (κ1) is 17.7. The highest BCUT2D eigenvalue weighted by Crippen LogP contribution is 2.24. The van der Waals surface area contributed by atoms with Crippen molar-refractivity contribution in [3.63, 3.8) is 0 Å². The lowest BCUT2D eigenvalue weighted by atomic mass is 10.2. The summed E-state index contributed by atoms with van der Waals surface area (Å²) in [5.74, 6) is 2.30. The van der Waals surface area contributed by atoms with E-state index in [-0.39, 0.29) is 5.56 Å². The fourth-order valence-electron chi connectivity index (χ4n) is 2.45. The lowest BCUT2D eigenvalue weighted by Crippen LogP contribution is -2.06. The van der Waals surface area contributed by atoms with Gasteiger partial charge in [0.15, 0.2) is 22.4 Å². The van der Waals surface area contributed by atoms with Crippen molar-refractivity contribution in [1.82, 2.24) is 19.6 Å². The molecule has 1 N–H and O–H groups in total. The van der Waals surface area contributed by atoms with Crippen molar-refractivity contribution in [3.8, 4) is 17.3 Å². The molecule has 0 aliphatic rings. The van der Waals surface area contributed by atoms with E-state index in [1.54, 1.807) is 29.0 Å². The summed E-state index contributed by atoms with van der Waals surface area (Å²) in [6, 6.07) is 10.5. The number of hydrogen-bond acceptors (Lipinski definition) is 6. The monoisotopic (exact) mass is 402 g/mol. The van der Waals surface area contributed by atoms with E-state index in [0.29, 0.717) is 45.5 Å². The number of furan rings is 1. The quantitative estimate of drug-likeness (QED) is 0.390. The SMILES string of the molecule is Cc1ccc(OCCSc2nc(-c3ccco3)nc3cc(=O)[nH]n23)cc1Cl. The minimum atomic E-state index is -0.242. The van der Waals surface area contributed by atoms with Crippen molar-refractivity contribution in [3.05, 3.63) is 63.6 Å². The van der Waals surface area contributed by atoms with E-state index in [1.807, 2.05) is 19.1 Å². The maximum absolute atomic E-state index is 11.7. The molecule has 9 heteroatoms. The Morgan fingerprint density at radius 2 is 2.19 bits per heavy atom. The molecule has 3 heterocycles. The van der Waals surface area contributed by atoms with Gasteiger partial charge in [-0.2, -0.15) is 4.98 Å². The van der Waals surface area contributed by atoms with Crippen LogP contribution in [0.4, 0.5) is 0 Å². The Bertz CT molecular complexity index is 1140. The number of aromatic amines is 1. The molecule has 0 saturated carbocycles. The smallest absolute Gasteiger partial charge is 0.266 e. The van der Waals surface area contributed by atoms with Gasteiger partial charge in [-0.15, -0.1) is 0 Å². The van der Waals surface area contributed by atoms with Crippen LogP contribution in [0.2, 0.25) is 5.02 Å². The molecule has 0 bridgehead atoms. The number of benzene rings is 1. The molecule has 0 fully saturated rings. The second kappa shape index (κ2) is 7.50. The first-order valence-electron chi connectivity index (χ1n) is 8.15. The summed E-state index contributed by atoms with van der Waals surface area (Å²) in [5.41, 5.74) is 1.24. The summed E-state index contributed by atoms with van der Waals surface area (Å²) >= 11 is 7.55. The molecule has 4 rings (SSSR count). The minimum absolute atomic E-state index is 0.242. The Hall–Kier alpha value is -2.71. The van der Waals surface area contributed by atoms with Crippen molar-refractivity contribution in [2.75, 3.05) is 12.4 Å². The lowest BCUT2D eigenvalue weighted by molar-refractivity contribution is 0.344. The second-order valence-corrected chi connectivity index (χ2v) is 7.20. The molecular weight excluding hydrogens is 388 g/mol. The fraction of sp³-hybridized carbons (Fsp3) is 0.167. The third-order valence-corrected chi connectivity index (χ3v) is 5.10. The third-order valence-electron chi connectivity index (χ3n) is 3.79. The molecule has 0 amide bonds. The van der Waals surface area contributed by atoms with Crippen LogP contribution in [0.3, 0.4) is 0 Å². The summed E-state index contributed by atoms with van der Waals surface area (Å²) in [6.07, 6.45) is 1.56. The van der Waals surface area contributed by atoms with Gasteiger partial charge in [0.2, 0.25) is 0 Å². The van der Waals surface area contributed by atoms with E-state index in [9.17, 15) is 4.79 Å². The number of hydrogen-bond donors (Lipinski definition) is 1. The van der Waals surface area contributed by atoms with E-state index in [4.69, 9.17) is 20.8 Å². The van der Waals surface area contributed by atoms with E-state index in [2.05, 4.69) is 15.1 Å². The average Bonchev–Trinajstić information content (AvgIpc) is 3.30. The van der Waals surface area contributed by atoms with Gasteiger partial charge in [0.1, 0.15) is 5.75 Å². The molecule has 0 aliphatic carbocycles. The van der Waals surface area contributed by atoms with E-state index in [0.717, 1.165) is 5.56 Å². The standard InChI is InChI=1S/C18H15ClN4O3S/c1-11-4-5-12(9-13(11)19)25-7-8-27-18-21-17(14-3-2-6-26-14)20-15-10-16(24)22-23(15)18/h2-6,9-10H,7-8H2,1H3,(H,22,24). The van der Waals surface area contributed by atoms with E-state index < -0.39 is 0 Å². The minimum Gasteiger partial charge on any atom is -0.493 e. The van der Waals surface area contributed by atoms with Gasteiger partial charge in [-0.25, -0.2) is 9.50 Å². The number of ether oxygens (including phenoxy) is 1. The van der Waals surface area contributed by atoms with Crippen LogP contribution in [-0.2, 0) is 0 Å². The number of halogens is 1. The molecule has 7 nitrogen and oxygen atoms in total. The van der Waals surface area contributed by atoms with Crippen LogP contribution in [0.5, 0.6) is 5.75 Å². The number of aryl methyl sites for hydroxylation is 1. The third kappa shape index (κ3) is 3.86. The van der Waals surface area contributed by atoms with Gasteiger partial charge in [-0.05, 0) is 36.8 Å². The van der Waals surface area contributed by atoms with Gasteiger partial charge in [0, 0.05) is 16.8 Å². The van der Waals surface area contributed by atoms with Gasteiger partial charge in [-0.1, -0.05) is 29.4 Å². The predicted molar refractivity (Wildman–Crippen MR) is 104 cm³/mol. The molecule has 0 atom stereocenters. The van der Waals surface area contributed by atoms with Crippen LogP contribution in [0, 0.1) is 6.92 Å². The first-order valence-corrected chi connectivity index (χ1v) is 9.52. The largest absolute Gasteiger partial charge is 0.493 e. The second-order valence-electron chi connectivity index (χ2n) is 5.73. The molecular formula is C18H15ClN4O3S. The maximum atomic E-state index is 11.7. The van der Waals surface area contributed by atoms with E-state index in [1.165, 1.54) is 17.8 Å². The Balaban J connectivity index is 1.50. The van der Waals surface area contributed by atoms with Crippen molar-refractivity contribution in [2.45, 2.75) is 12.1 Å². The highest BCUT2D eigenvalue weighted by Gasteiger charge is 2.13. The summed E-state index contributed by atoms with van der Waals surface area (Å²) in [5, 5.41) is 3.97. The Labute approximate surface area is 163 Å². The number of fused-ring (bicyclic) bond motifs is 1. The summed E-state index contributed by atoms with van der Waals surface area (Å²) in [4.78, 5) is 20.6. The number of thioether (sulfide) groups is 1. The number of aromatic nitrogens is 4. The first-order chi connectivity index (χ1) is 13.1. The Kier molecular flexibility index (Phi) is 4.91. The van der Waals surface area contributed by atoms with E-state index >= 15 is 0 Å². The average molecular weight is 403 g/mol. The molecule has 0 saturated heterocycles. The van der Waals surface area contributed by atoms with Crippen molar-refractivity contribution < 1.29 is 9.15 Å². The molecule has 3 aromatic heterocycles. The maximum Gasteiger partial charge on any atom is 0.266 e. The van der Waals surface area contributed by atoms with Gasteiger partial charge in [0.05, 0.1) is 12.9 Å². The van der Waals surface area contributed by atoms with Crippen molar-refractivity contribution in [2.24, 2.45) is 0 Å². The van der Waals surface area contributed by atoms with Crippen LogP contribution >= 0.6 is 23.4 Å². The molecule has 138 valence electrons. The van der Waals surface area contributed by atoms with Crippen LogP contribution < -0.4 is 10.3 Å². The zero-order chi connectivity index (χ0) is 18.8. The van der Waals surface area contributed by atoms with Gasteiger partial charge in [0.25, 0.3) is 5.56 Å². The molecule has 0 unspecified atom stereocenters. The van der Waals surface area contributed by atoms with Gasteiger partial charge < -0.3 is 9.15 Å². The highest BCUT2D eigenvalue weighted by molar-refractivity contribution is 7.99. The number of nitrogens with zero attached hydrogens (tertiary/aromatic N) is 3. The summed E-state index contributed by atoms with van der Waals surface area (Å²) in [6.45, 7) is 2.40. The Morgan fingerprint density at radius 1 is 1.30 bits per heavy atom. The van der Waals surface area contributed by atoms with Crippen LogP contribution in [0.15, 0.2) is 57.0 Å². The van der Waals surface area contributed by atoms with Crippen LogP contribution in [-0.4, -0.2) is 31.9 Å². The van der Waals surface area contributed by atoms with Crippen LogP contribution in [0.25, 0.3) is 17.2 Å². The topological polar surface area (TPSA) is 85.4 Å². The normalized spacial score (nSPS) is 11.2. The highest BCUT2D eigenvalue weighted by atomic mass is 35.5. The molecule has 4 aromatic rings. The molecule has 0 radical (unpaired) electrons. The van der Waals surface area contributed by atoms with Gasteiger partial charge in [-0.3, -0.25) is 9.89 Å². The molecule has 0 spiro atoms. The fourth-order valence-corrected chi connectivity index (χ4v) is 3.39. The van der Waals surface area contributed by atoms with Crippen molar-refractivity contribution in [1.29, 1.82) is 0 Å². The lowest BCUT2D eigenvalue weighted by Gasteiger charge is -2.08. The zero-order valence-corrected chi connectivity index (χ0v) is 15.9. The molecule has 0 aliphatic heterocycles. The Morgan fingerprint density at radius 3 is 2.96 bits per heavy atom. The summed E-state index contributed by atoms with van der Waals surface area (Å²) in [7, 11) is 0. The van der Waals surface area contributed by atoms with Gasteiger partial charge >= 0.3 is 0 Å². The zero-order valence-electron chi connectivity index (χ0n) is 14.3.